The van der Waals surface area contributed by atoms with Crippen LogP contribution in [-0.2, 0) is 0 Å². The van der Waals surface area contributed by atoms with Gasteiger partial charge in [-0.25, -0.2) is 0 Å². The van der Waals surface area contributed by atoms with Crippen LogP contribution in [0.5, 0.6) is 5.75 Å². The Hall–Kier alpha value is -2.22. The SMILES string of the molecule is O=C(Nc1ccccc1SC(F)F)c1ccccc1OC(F)F. The number of hydrogen-bond acceptors (Lipinski definition) is 3. The fourth-order valence-electron chi connectivity index (χ4n) is 1.81. The number of para-hydroxylation sites is 2. The summed E-state index contributed by atoms with van der Waals surface area (Å²) in [5, 5.41) is 2.43. The normalized spacial score (nSPS) is 10.9. The number of carbonyl (C=O) groups is 1. The van der Waals surface area contributed by atoms with Crippen molar-refractivity contribution in [2.45, 2.75) is 17.3 Å². The predicted octanol–water partition coefficient (Wildman–Crippen LogP) is 4.86. The molecule has 0 saturated carbocycles. The summed E-state index contributed by atoms with van der Waals surface area (Å²) in [5.74, 6) is -3.68. The Morgan fingerprint density at radius 3 is 2.35 bits per heavy atom. The van der Waals surface area contributed by atoms with Gasteiger partial charge in [0.05, 0.1) is 11.3 Å². The third-order valence-electron chi connectivity index (χ3n) is 2.70. The van der Waals surface area contributed by atoms with Crippen LogP contribution in [0.2, 0.25) is 0 Å². The molecule has 8 heteroatoms. The molecule has 0 fully saturated rings. The van der Waals surface area contributed by atoms with E-state index in [4.69, 9.17) is 0 Å². The molecule has 0 aliphatic rings. The van der Waals surface area contributed by atoms with Crippen molar-refractivity contribution in [1.29, 1.82) is 0 Å². The maximum absolute atomic E-state index is 12.5. The summed E-state index contributed by atoms with van der Waals surface area (Å²) in [7, 11) is 0. The number of rotatable bonds is 6. The van der Waals surface area contributed by atoms with Crippen molar-refractivity contribution in [3.63, 3.8) is 0 Å². The second-order valence-corrected chi connectivity index (χ2v) is 5.24. The first-order valence-electron chi connectivity index (χ1n) is 6.36. The van der Waals surface area contributed by atoms with Crippen LogP contribution in [0, 0.1) is 0 Å². The summed E-state index contributed by atoms with van der Waals surface area (Å²) in [6.45, 7) is -3.08. The van der Waals surface area contributed by atoms with E-state index in [1.807, 2.05) is 0 Å². The summed E-state index contributed by atoms with van der Waals surface area (Å²) in [5.41, 5.74) is 0.0410. The minimum absolute atomic E-state index is 0.121. The third-order valence-corrected chi connectivity index (χ3v) is 3.49. The van der Waals surface area contributed by atoms with E-state index in [0.717, 1.165) is 0 Å². The topological polar surface area (TPSA) is 38.3 Å². The van der Waals surface area contributed by atoms with Gasteiger partial charge in [-0.1, -0.05) is 36.0 Å². The Bertz CT molecular complexity index is 682. The lowest BCUT2D eigenvalue weighted by molar-refractivity contribution is -0.0501. The van der Waals surface area contributed by atoms with Gasteiger partial charge in [0.1, 0.15) is 5.75 Å². The van der Waals surface area contributed by atoms with Gasteiger partial charge in [-0.3, -0.25) is 4.79 Å². The fourth-order valence-corrected chi connectivity index (χ4v) is 2.41. The molecule has 1 amide bonds. The number of thioether (sulfide) groups is 1. The van der Waals surface area contributed by atoms with Crippen LogP contribution in [0.3, 0.4) is 0 Å². The smallest absolute Gasteiger partial charge is 0.387 e. The van der Waals surface area contributed by atoms with Gasteiger partial charge in [0.25, 0.3) is 11.7 Å². The molecule has 1 N–H and O–H groups in total. The van der Waals surface area contributed by atoms with Crippen molar-refractivity contribution in [2.75, 3.05) is 5.32 Å². The monoisotopic (exact) mass is 345 g/mol. The van der Waals surface area contributed by atoms with E-state index in [2.05, 4.69) is 10.1 Å². The van der Waals surface area contributed by atoms with Crippen LogP contribution in [0.4, 0.5) is 23.2 Å². The predicted molar refractivity (Wildman–Crippen MR) is 79.3 cm³/mol. The summed E-state index contributed by atoms with van der Waals surface area (Å²) < 4.78 is 54.0. The lowest BCUT2D eigenvalue weighted by Gasteiger charge is -2.13. The maximum Gasteiger partial charge on any atom is 0.387 e. The molecule has 2 rings (SSSR count). The number of carbonyl (C=O) groups excluding carboxylic acids is 1. The zero-order valence-electron chi connectivity index (χ0n) is 11.5. The third kappa shape index (κ3) is 4.88. The van der Waals surface area contributed by atoms with E-state index in [1.165, 1.54) is 36.4 Å². The molecular formula is C15H11F4NO2S. The number of alkyl halides is 4. The number of hydrogen-bond donors (Lipinski definition) is 1. The zero-order chi connectivity index (χ0) is 16.8. The van der Waals surface area contributed by atoms with Crippen LogP contribution in [0.25, 0.3) is 0 Å². The number of halogens is 4. The molecule has 0 aromatic heterocycles. The second kappa shape index (κ2) is 7.87. The molecule has 3 nitrogen and oxygen atoms in total. The highest BCUT2D eigenvalue weighted by Gasteiger charge is 2.17. The Labute approximate surface area is 133 Å². The molecule has 2 aromatic rings. The van der Waals surface area contributed by atoms with E-state index < -0.39 is 18.3 Å². The number of anilines is 1. The van der Waals surface area contributed by atoms with Gasteiger partial charge in [0, 0.05) is 4.90 Å². The highest BCUT2D eigenvalue weighted by atomic mass is 32.2. The van der Waals surface area contributed by atoms with Crippen LogP contribution in [0.1, 0.15) is 10.4 Å². The Morgan fingerprint density at radius 2 is 1.65 bits per heavy atom. The number of ether oxygens (including phenoxy) is 1. The first kappa shape index (κ1) is 17.1. The van der Waals surface area contributed by atoms with Crippen LogP contribution >= 0.6 is 11.8 Å². The minimum Gasteiger partial charge on any atom is -0.434 e. The van der Waals surface area contributed by atoms with Gasteiger partial charge in [-0.15, -0.1) is 0 Å². The molecule has 0 spiro atoms. The molecular weight excluding hydrogens is 334 g/mol. The highest BCUT2D eigenvalue weighted by molar-refractivity contribution is 7.99. The Morgan fingerprint density at radius 1 is 1.00 bits per heavy atom. The van der Waals surface area contributed by atoms with Gasteiger partial charge in [0.2, 0.25) is 0 Å². The Kier molecular flexibility index (Phi) is 5.86. The number of benzene rings is 2. The van der Waals surface area contributed by atoms with Gasteiger partial charge in [0.15, 0.2) is 0 Å². The van der Waals surface area contributed by atoms with Crippen molar-refractivity contribution in [3.8, 4) is 5.75 Å². The summed E-state index contributed by atoms with van der Waals surface area (Å²) in [6, 6.07) is 11.4. The van der Waals surface area contributed by atoms with E-state index in [-0.39, 0.29) is 33.7 Å². The van der Waals surface area contributed by atoms with Gasteiger partial charge < -0.3 is 10.1 Å². The molecule has 0 heterocycles. The average Bonchev–Trinajstić information content (AvgIpc) is 2.48. The minimum atomic E-state index is -3.08. The summed E-state index contributed by atoms with van der Waals surface area (Å²) in [4.78, 5) is 12.4. The molecule has 23 heavy (non-hydrogen) atoms. The zero-order valence-corrected chi connectivity index (χ0v) is 12.3. The molecule has 0 atom stereocenters. The van der Waals surface area contributed by atoms with Crippen molar-refractivity contribution in [2.24, 2.45) is 0 Å². The molecule has 0 bridgehead atoms. The number of amides is 1. The maximum atomic E-state index is 12.5. The molecule has 0 radical (unpaired) electrons. The second-order valence-electron chi connectivity index (χ2n) is 4.20. The molecule has 0 aliphatic carbocycles. The average molecular weight is 345 g/mol. The van der Waals surface area contributed by atoms with Crippen LogP contribution in [-0.4, -0.2) is 18.3 Å². The van der Waals surface area contributed by atoms with Gasteiger partial charge in [-0.2, -0.15) is 17.6 Å². The van der Waals surface area contributed by atoms with Gasteiger partial charge >= 0.3 is 6.61 Å². The first-order chi connectivity index (χ1) is 11.0. The van der Waals surface area contributed by atoms with Crippen LogP contribution < -0.4 is 10.1 Å². The van der Waals surface area contributed by atoms with E-state index in [0.29, 0.717) is 0 Å². The summed E-state index contributed by atoms with van der Waals surface area (Å²) in [6.07, 6.45) is 0. The molecule has 2 aromatic carbocycles. The molecule has 0 aliphatic heterocycles. The number of nitrogens with one attached hydrogen (secondary N) is 1. The molecule has 122 valence electrons. The standard InChI is InChI=1S/C15H11F4NO2S/c16-14(17)22-11-7-3-1-5-9(11)13(21)20-10-6-2-4-8-12(10)23-15(18)19/h1-8,14-15H,(H,20,21). The van der Waals surface area contributed by atoms with Crippen molar-refractivity contribution in [1.82, 2.24) is 0 Å². The van der Waals surface area contributed by atoms with E-state index in [1.54, 1.807) is 12.1 Å². The summed E-state index contributed by atoms with van der Waals surface area (Å²) >= 11 is 0.278. The lowest BCUT2D eigenvalue weighted by atomic mass is 10.2. The van der Waals surface area contributed by atoms with Gasteiger partial charge in [-0.05, 0) is 24.3 Å². The molecule has 0 unspecified atom stereocenters. The van der Waals surface area contributed by atoms with Crippen molar-refractivity contribution >= 4 is 23.4 Å². The largest absolute Gasteiger partial charge is 0.434 e. The highest BCUT2D eigenvalue weighted by Crippen LogP contribution is 2.32. The Balaban J connectivity index is 2.23. The van der Waals surface area contributed by atoms with E-state index in [9.17, 15) is 22.4 Å². The van der Waals surface area contributed by atoms with Crippen molar-refractivity contribution in [3.05, 3.63) is 54.1 Å². The quantitative estimate of drug-likeness (QED) is 0.600. The lowest BCUT2D eigenvalue weighted by Crippen LogP contribution is -2.15. The fraction of sp³-hybridized carbons (Fsp3) is 0.133. The van der Waals surface area contributed by atoms with Crippen LogP contribution in [0.15, 0.2) is 53.4 Å². The van der Waals surface area contributed by atoms with E-state index >= 15 is 0 Å². The van der Waals surface area contributed by atoms with Crippen molar-refractivity contribution < 1.29 is 27.1 Å². The first-order valence-corrected chi connectivity index (χ1v) is 7.24. The molecule has 0 saturated heterocycles.